The third kappa shape index (κ3) is 3.36. The van der Waals surface area contributed by atoms with E-state index in [1.165, 1.54) is 12.0 Å². The summed E-state index contributed by atoms with van der Waals surface area (Å²) in [6.45, 7) is 10.4. The van der Waals surface area contributed by atoms with Crippen molar-refractivity contribution in [3.63, 3.8) is 0 Å². The molecule has 0 aliphatic carbocycles. The first-order valence-corrected chi connectivity index (χ1v) is 7.99. The molecule has 2 atom stereocenters. The van der Waals surface area contributed by atoms with Crippen LogP contribution in [-0.4, -0.2) is 31.6 Å². The van der Waals surface area contributed by atoms with Crippen LogP contribution in [0.5, 0.6) is 0 Å². The molecular weight excluding hydrogens is 268 g/mol. The molecule has 3 heteroatoms. The van der Waals surface area contributed by atoms with Gasteiger partial charge in [-0.2, -0.15) is 0 Å². The first-order chi connectivity index (χ1) is 9.44. The van der Waals surface area contributed by atoms with Crippen LogP contribution in [0.4, 0.5) is 0 Å². The maximum Gasteiger partial charge on any atom is 0.0406 e. The van der Waals surface area contributed by atoms with Crippen LogP contribution >= 0.6 is 11.6 Å². The summed E-state index contributed by atoms with van der Waals surface area (Å²) in [6, 6.07) is 8.66. The second kappa shape index (κ2) is 6.46. The van der Waals surface area contributed by atoms with Crippen LogP contribution in [0.15, 0.2) is 24.3 Å². The average Bonchev–Trinajstić information content (AvgIpc) is 2.88. The Morgan fingerprint density at radius 2 is 1.90 bits per heavy atom. The van der Waals surface area contributed by atoms with E-state index in [9.17, 15) is 0 Å². The lowest BCUT2D eigenvalue weighted by Crippen LogP contribution is -2.42. The molecule has 0 saturated carbocycles. The number of nitrogens with zero attached hydrogens (tertiary/aromatic N) is 1. The molecular formula is C17H27ClN2. The molecule has 1 fully saturated rings. The number of benzene rings is 1. The standard InChI is InChI=1S/C17H27ClN2/c1-13(2)17(9-10-19-11-17)12-20(4)14(3)15-5-7-16(18)8-6-15/h5-8,13-14,19H,9-12H2,1-4H3. The summed E-state index contributed by atoms with van der Waals surface area (Å²) in [5.74, 6) is 0.706. The highest BCUT2D eigenvalue weighted by Gasteiger charge is 2.38. The van der Waals surface area contributed by atoms with Crippen molar-refractivity contribution in [2.24, 2.45) is 11.3 Å². The molecule has 2 unspecified atom stereocenters. The van der Waals surface area contributed by atoms with E-state index in [-0.39, 0.29) is 0 Å². The van der Waals surface area contributed by atoms with Crippen molar-refractivity contribution in [1.29, 1.82) is 0 Å². The zero-order valence-electron chi connectivity index (χ0n) is 13.1. The lowest BCUT2D eigenvalue weighted by Gasteiger charge is -2.39. The lowest BCUT2D eigenvalue weighted by atomic mass is 9.76. The normalized spacial score (nSPS) is 24.6. The van der Waals surface area contributed by atoms with Crippen LogP contribution in [0.25, 0.3) is 0 Å². The Hall–Kier alpha value is -0.570. The number of hydrogen-bond acceptors (Lipinski definition) is 2. The maximum atomic E-state index is 5.98. The number of halogens is 1. The molecule has 0 spiro atoms. The SMILES string of the molecule is CC(c1ccc(Cl)cc1)N(C)CC1(C(C)C)CCNC1. The lowest BCUT2D eigenvalue weighted by molar-refractivity contribution is 0.111. The Kier molecular flexibility index (Phi) is 5.11. The van der Waals surface area contributed by atoms with Crippen molar-refractivity contribution in [3.8, 4) is 0 Å². The molecule has 0 radical (unpaired) electrons. The van der Waals surface area contributed by atoms with Gasteiger partial charge < -0.3 is 5.32 Å². The molecule has 1 aromatic rings. The maximum absolute atomic E-state index is 5.98. The quantitative estimate of drug-likeness (QED) is 0.884. The van der Waals surface area contributed by atoms with Crippen molar-refractivity contribution in [2.75, 3.05) is 26.7 Å². The van der Waals surface area contributed by atoms with E-state index in [0.717, 1.165) is 24.7 Å². The Labute approximate surface area is 128 Å². The third-order valence-corrected chi connectivity index (χ3v) is 5.33. The molecule has 0 amide bonds. The first-order valence-electron chi connectivity index (χ1n) is 7.61. The molecule has 1 aromatic carbocycles. The zero-order chi connectivity index (χ0) is 14.8. The Morgan fingerprint density at radius 1 is 1.25 bits per heavy atom. The van der Waals surface area contributed by atoms with Crippen molar-refractivity contribution in [1.82, 2.24) is 10.2 Å². The van der Waals surface area contributed by atoms with E-state index in [4.69, 9.17) is 11.6 Å². The van der Waals surface area contributed by atoms with Gasteiger partial charge >= 0.3 is 0 Å². The van der Waals surface area contributed by atoms with Crippen LogP contribution in [-0.2, 0) is 0 Å². The van der Waals surface area contributed by atoms with Gasteiger partial charge in [0, 0.05) is 24.2 Å². The van der Waals surface area contributed by atoms with E-state index in [1.54, 1.807) is 0 Å². The van der Waals surface area contributed by atoms with Gasteiger partial charge in [-0.3, -0.25) is 4.90 Å². The third-order valence-electron chi connectivity index (χ3n) is 5.08. The summed E-state index contributed by atoms with van der Waals surface area (Å²) >= 11 is 5.98. The van der Waals surface area contributed by atoms with Gasteiger partial charge in [0.25, 0.3) is 0 Å². The first kappa shape index (κ1) is 15.8. The van der Waals surface area contributed by atoms with Gasteiger partial charge in [-0.05, 0) is 56.0 Å². The van der Waals surface area contributed by atoms with Gasteiger partial charge in [-0.15, -0.1) is 0 Å². The van der Waals surface area contributed by atoms with E-state index in [0.29, 0.717) is 17.4 Å². The fourth-order valence-corrected chi connectivity index (χ4v) is 3.33. The molecule has 1 saturated heterocycles. The van der Waals surface area contributed by atoms with Crippen LogP contribution in [0.1, 0.15) is 38.8 Å². The average molecular weight is 295 g/mol. The Morgan fingerprint density at radius 3 is 2.40 bits per heavy atom. The van der Waals surface area contributed by atoms with Crippen molar-refractivity contribution in [2.45, 2.75) is 33.2 Å². The summed E-state index contributed by atoms with van der Waals surface area (Å²) in [5.41, 5.74) is 1.75. The predicted octanol–water partition coefficient (Wildman–Crippen LogP) is 3.97. The highest BCUT2D eigenvalue weighted by molar-refractivity contribution is 6.30. The fourth-order valence-electron chi connectivity index (χ4n) is 3.20. The molecule has 2 nitrogen and oxygen atoms in total. The molecule has 1 N–H and O–H groups in total. The molecule has 112 valence electrons. The van der Waals surface area contributed by atoms with Gasteiger partial charge in [-0.25, -0.2) is 0 Å². The summed E-state index contributed by atoms with van der Waals surface area (Å²) in [5, 5.41) is 4.35. The van der Waals surface area contributed by atoms with Crippen LogP contribution in [0, 0.1) is 11.3 Å². The molecule has 0 aromatic heterocycles. The Balaban J connectivity index is 2.06. The van der Waals surface area contributed by atoms with Crippen molar-refractivity contribution < 1.29 is 0 Å². The van der Waals surface area contributed by atoms with Gasteiger partial charge in [0.2, 0.25) is 0 Å². The van der Waals surface area contributed by atoms with Crippen molar-refractivity contribution >= 4 is 11.6 Å². The predicted molar refractivity (Wildman–Crippen MR) is 87.3 cm³/mol. The molecule has 0 bridgehead atoms. The van der Waals surface area contributed by atoms with Crippen LogP contribution in [0.3, 0.4) is 0 Å². The molecule has 1 heterocycles. The molecule has 1 aliphatic rings. The topological polar surface area (TPSA) is 15.3 Å². The molecule has 2 rings (SSSR count). The van der Waals surface area contributed by atoms with E-state index < -0.39 is 0 Å². The number of hydrogen-bond donors (Lipinski definition) is 1. The monoisotopic (exact) mass is 294 g/mol. The van der Waals surface area contributed by atoms with E-state index in [1.807, 2.05) is 12.1 Å². The van der Waals surface area contributed by atoms with E-state index in [2.05, 4.69) is 50.2 Å². The van der Waals surface area contributed by atoms with Gasteiger partial charge in [0.1, 0.15) is 0 Å². The molecule has 20 heavy (non-hydrogen) atoms. The largest absolute Gasteiger partial charge is 0.316 e. The van der Waals surface area contributed by atoms with Crippen LogP contribution in [0.2, 0.25) is 5.02 Å². The van der Waals surface area contributed by atoms with Gasteiger partial charge in [-0.1, -0.05) is 37.6 Å². The minimum Gasteiger partial charge on any atom is -0.316 e. The fraction of sp³-hybridized carbons (Fsp3) is 0.647. The summed E-state index contributed by atoms with van der Waals surface area (Å²) < 4.78 is 0. The second-order valence-electron chi connectivity index (χ2n) is 6.59. The van der Waals surface area contributed by atoms with E-state index >= 15 is 0 Å². The summed E-state index contributed by atoms with van der Waals surface area (Å²) in [6.07, 6.45) is 1.28. The second-order valence-corrected chi connectivity index (χ2v) is 7.02. The minimum absolute atomic E-state index is 0.412. The number of nitrogens with one attached hydrogen (secondary N) is 1. The highest BCUT2D eigenvalue weighted by atomic mass is 35.5. The highest BCUT2D eigenvalue weighted by Crippen LogP contribution is 2.36. The summed E-state index contributed by atoms with van der Waals surface area (Å²) in [7, 11) is 2.24. The Bertz CT molecular complexity index is 421. The van der Waals surface area contributed by atoms with Gasteiger partial charge in [0.05, 0.1) is 0 Å². The smallest absolute Gasteiger partial charge is 0.0406 e. The van der Waals surface area contributed by atoms with Crippen molar-refractivity contribution in [3.05, 3.63) is 34.9 Å². The van der Waals surface area contributed by atoms with Gasteiger partial charge in [0.15, 0.2) is 0 Å². The minimum atomic E-state index is 0.412. The molecule has 1 aliphatic heterocycles. The van der Waals surface area contributed by atoms with Crippen LogP contribution < -0.4 is 5.32 Å². The zero-order valence-corrected chi connectivity index (χ0v) is 13.9. The summed E-state index contributed by atoms with van der Waals surface area (Å²) in [4.78, 5) is 2.48. The number of rotatable bonds is 5.